The van der Waals surface area contributed by atoms with Crippen molar-refractivity contribution in [1.29, 1.82) is 0 Å². The number of anilines is 1. The highest BCUT2D eigenvalue weighted by atomic mass is 79.9. The number of aromatic nitrogens is 1. The summed E-state index contributed by atoms with van der Waals surface area (Å²) < 4.78 is 4.83. The van der Waals surface area contributed by atoms with Crippen LogP contribution in [0.3, 0.4) is 0 Å². The number of carbonyl (C=O) groups excluding carboxylic acids is 1. The number of rotatable bonds is 4. The van der Waals surface area contributed by atoms with Gasteiger partial charge in [-0.2, -0.15) is 0 Å². The molecule has 1 aromatic heterocycles. The lowest BCUT2D eigenvalue weighted by Gasteiger charge is -1.88. The maximum atomic E-state index is 10.1. The Balaban J connectivity index is 0.000000288. The molecule has 0 amide bonds. The number of methoxy groups -OCH3 is 1. The van der Waals surface area contributed by atoms with E-state index in [9.17, 15) is 4.79 Å². The summed E-state index contributed by atoms with van der Waals surface area (Å²) >= 11 is 7.42. The van der Waals surface area contributed by atoms with Gasteiger partial charge >= 0.3 is 0 Å². The normalized spacial score (nSPS) is 9.27. The van der Waals surface area contributed by atoms with Crippen LogP contribution in [0.5, 0.6) is 0 Å². The zero-order valence-corrected chi connectivity index (χ0v) is 12.2. The molecule has 7 heteroatoms. The molecule has 0 radical (unpaired) electrons. The molecule has 1 aromatic rings. The number of hydrogen-bond acceptors (Lipinski definition) is 5. The second-order valence-electron chi connectivity index (χ2n) is 2.42. The molecule has 2 N–H and O–H groups in total. The van der Waals surface area contributed by atoms with E-state index in [-0.39, 0.29) is 5.78 Å². The van der Waals surface area contributed by atoms with Crippen LogP contribution in [0.25, 0.3) is 0 Å². The van der Waals surface area contributed by atoms with E-state index in [0.29, 0.717) is 22.4 Å². The number of hydrogen-bond donors (Lipinski definition) is 1. The minimum absolute atomic E-state index is 0.176. The molecule has 0 aliphatic rings. The van der Waals surface area contributed by atoms with Crippen LogP contribution in [-0.2, 0) is 16.1 Å². The predicted molar refractivity (Wildman–Crippen MR) is 69.8 cm³/mol. The smallest absolute Gasteiger partial charge is 0.180 e. The molecule has 1 heterocycles. The zero-order chi connectivity index (χ0) is 11.7. The third-order valence-corrected chi connectivity index (χ3v) is 3.13. The average molecular weight is 360 g/mol. The molecule has 0 saturated heterocycles. The molecule has 0 bridgehead atoms. The van der Waals surface area contributed by atoms with Gasteiger partial charge in [-0.1, -0.05) is 31.9 Å². The highest BCUT2D eigenvalue weighted by molar-refractivity contribution is 9.10. The number of carbonyl (C=O) groups is 1. The minimum atomic E-state index is 0.176. The van der Waals surface area contributed by atoms with E-state index >= 15 is 0 Å². The van der Waals surface area contributed by atoms with Gasteiger partial charge < -0.3 is 10.5 Å². The van der Waals surface area contributed by atoms with E-state index in [2.05, 4.69) is 36.8 Å². The lowest BCUT2D eigenvalue weighted by molar-refractivity contribution is -0.114. The van der Waals surface area contributed by atoms with Gasteiger partial charge in [0.15, 0.2) is 10.9 Å². The predicted octanol–water partition coefficient (Wildman–Crippen LogP) is 2.22. The molecule has 0 aromatic carbocycles. The van der Waals surface area contributed by atoms with Gasteiger partial charge in [-0.3, -0.25) is 4.79 Å². The fourth-order valence-electron chi connectivity index (χ4n) is 0.573. The Bertz CT molecular complexity index is 288. The van der Waals surface area contributed by atoms with Crippen LogP contribution >= 0.6 is 43.2 Å². The number of nitrogen functional groups attached to an aromatic ring is 1. The molecule has 0 saturated carbocycles. The van der Waals surface area contributed by atoms with Gasteiger partial charge in [0.1, 0.15) is 0 Å². The molecule has 0 aliphatic carbocycles. The van der Waals surface area contributed by atoms with Gasteiger partial charge in [0, 0.05) is 12.5 Å². The van der Waals surface area contributed by atoms with Crippen molar-refractivity contribution < 1.29 is 9.53 Å². The summed E-state index contributed by atoms with van der Waals surface area (Å²) in [7, 11) is 1.63. The molecular weight excluding hydrogens is 348 g/mol. The van der Waals surface area contributed by atoms with Gasteiger partial charge in [0.25, 0.3) is 0 Å². The first-order valence-corrected chi connectivity index (χ1v) is 7.08. The van der Waals surface area contributed by atoms with Crippen molar-refractivity contribution >= 4 is 54.1 Å². The third kappa shape index (κ3) is 7.89. The van der Waals surface area contributed by atoms with Crippen molar-refractivity contribution in [3.05, 3.63) is 11.1 Å². The average Bonchev–Trinajstić information content (AvgIpc) is 2.64. The van der Waals surface area contributed by atoms with Crippen LogP contribution in [-0.4, -0.2) is 28.5 Å². The van der Waals surface area contributed by atoms with Gasteiger partial charge in [-0.15, -0.1) is 11.3 Å². The summed E-state index contributed by atoms with van der Waals surface area (Å²) in [6, 6.07) is 0. The zero-order valence-electron chi connectivity index (χ0n) is 8.20. The Morgan fingerprint density at radius 3 is 2.47 bits per heavy atom. The molecule has 0 unspecified atom stereocenters. The molecule has 86 valence electrons. The fourth-order valence-corrected chi connectivity index (χ4v) is 2.05. The highest BCUT2D eigenvalue weighted by Crippen LogP contribution is 2.10. The summed E-state index contributed by atoms with van der Waals surface area (Å²) in [5.41, 5.74) is 6.26. The van der Waals surface area contributed by atoms with E-state index in [1.807, 2.05) is 5.38 Å². The summed E-state index contributed by atoms with van der Waals surface area (Å²) in [6.07, 6.45) is 0. The highest BCUT2D eigenvalue weighted by Gasteiger charge is 1.94. The molecule has 0 fully saturated rings. The summed E-state index contributed by atoms with van der Waals surface area (Å²) in [6.45, 7) is 0.549. The lowest BCUT2D eigenvalue weighted by Crippen LogP contribution is -1.97. The Morgan fingerprint density at radius 1 is 1.60 bits per heavy atom. The van der Waals surface area contributed by atoms with Crippen molar-refractivity contribution in [3.63, 3.8) is 0 Å². The second-order valence-corrected chi connectivity index (χ2v) is 4.43. The monoisotopic (exact) mass is 358 g/mol. The van der Waals surface area contributed by atoms with Crippen LogP contribution in [0.1, 0.15) is 5.69 Å². The summed E-state index contributed by atoms with van der Waals surface area (Å²) in [4.78, 5) is 14.1. The number of ether oxygens (including phenoxy) is 1. The first kappa shape index (κ1) is 15.0. The molecular formula is C8H12Br2N2O2S. The number of nitrogens with zero attached hydrogens (tertiary/aromatic N) is 1. The Labute approximate surface area is 109 Å². The van der Waals surface area contributed by atoms with E-state index < -0.39 is 0 Å². The van der Waals surface area contributed by atoms with Crippen molar-refractivity contribution in [1.82, 2.24) is 4.98 Å². The summed E-state index contributed by atoms with van der Waals surface area (Å²) in [5.74, 6) is 0.176. The van der Waals surface area contributed by atoms with Crippen LogP contribution in [0.15, 0.2) is 5.38 Å². The number of alkyl halides is 2. The van der Waals surface area contributed by atoms with Crippen LogP contribution in [0.2, 0.25) is 0 Å². The van der Waals surface area contributed by atoms with Crippen molar-refractivity contribution in [3.8, 4) is 0 Å². The Hall–Kier alpha value is 0.0200. The largest absolute Gasteiger partial charge is 0.378 e. The van der Waals surface area contributed by atoms with Crippen molar-refractivity contribution in [2.45, 2.75) is 6.61 Å². The maximum Gasteiger partial charge on any atom is 0.180 e. The SMILES string of the molecule is COCc1csc(N)n1.O=C(CBr)CBr. The molecule has 0 atom stereocenters. The molecule has 15 heavy (non-hydrogen) atoms. The fraction of sp³-hybridized carbons (Fsp3) is 0.500. The van der Waals surface area contributed by atoms with Crippen molar-refractivity contribution in [2.75, 3.05) is 23.5 Å². The van der Waals surface area contributed by atoms with Crippen molar-refractivity contribution in [2.24, 2.45) is 0 Å². The maximum absolute atomic E-state index is 10.1. The van der Waals surface area contributed by atoms with Gasteiger partial charge in [-0.05, 0) is 0 Å². The van der Waals surface area contributed by atoms with Gasteiger partial charge in [-0.25, -0.2) is 4.98 Å². The standard InChI is InChI=1S/C5H8N2OS.C3H4Br2O/c1-8-2-4-3-9-5(6)7-4;4-1-3(6)2-5/h3H,2H2,1H3,(H2,6,7);1-2H2. The van der Waals surface area contributed by atoms with Gasteiger partial charge in [0.05, 0.1) is 23.0 Å². The van der Waals surface area contributed by atoms with Gasteiger partial charge in [0.2, 0.25) is 0 Å². The van der Waals surface area contributed by atoms with Crippen LogP contribution in [0, 0.1) is 0 Å². The van der Waals surface area contributed by atoms with E-state index in [0.717, 1.165) is 5.69 Å². The molecule has 0 aliphatic heterocycles. The van der Waals surface area contributed by atoms with E-state index in [4.69, 9.17) is 10.5 Å². The number of thiazole rings is 1. The number of Topliss-reactive ketones (excluding diaryl/α,β-unsaturated/α-hetero) is 1. The molecule has 1 rings (SSSR count). The van der Waals surface area contributed by atoms with Crippen LogP contribution < -0.4 is 5.73 Å². The number of nitrogens with two attached hydrogens (primary N) is 1. The first-order valence-electron chi connectivity index (χ1n) is 3.96. The molecule has 4 nitrogen and oxygen atoms in total. The number of halogens is 2. The Morgan fingerprint density at radius 2 is 2.20 bits per heavy atom. The van der Waals surface area contributed by atoms with E-state index in [1.165, 1.54) is 11.3 Å². The van der Waals surface area contributed by atoms with E-state index in [1.54, 1.807) is 7.11 Å². The second kappa shape index (κ2) is 9.26. The molecule has 0 spiro atoms. The topological polar surface area (TPSA) is 65.2 Å². The first-order chi connectivity index (χ1) is 7.13. The Kier molecular flexibility index (Phi) is 9.27. The van der Waals surface area contributed by atoms with Crippen LogP contribution in [0.4, 0.5) is 5.13 Å². The summed E-state index contributed by atoms with van der Waals surface area (Å²) in [5, 5.41) is 3.40. The quantitative estimate of drug-likeness (QED) is 0.837. The third-order valence-electron chi connectivity index (χ3n) is 1.16. The lowest BCUT2D eigenvalue weighted by atomic mass is 10.5. The minimum Gasteiger partial charge on any atom is -0.378 e. The number of ketones is 1.